The number of aromatic nitrogens is 2. The highest BCUT2D eigenvalue weighted by Crippen LogP contribution is 2.30. The number of nitrogens with zero attached hydrogens (tertiary/aromatic N) is 3. The molecule has 0 bridgehead atoms. The van der Waals surface area contributed by atoms with Crippen LogP contribution in [0.3, 0.4) is 0 Å². The maximum Gasteiger partial charge on any atom is 0.229 e. The van der Waals surface area contributed by atoms with Crippen molar-refractivity contribution >= 4 is 0 Å². The topological polar surface area (TPSA) is 92.2 Å². The van der Waals surface area contributed by atoms with E-state index in [1.54, 1.807) is 0 Å². The molecular formula is C13H21N3O3. The van der Waals surface area contributed by atoms with Crippen molar-refractivity contribution in [2.24, 2.45) is 0 Å². The smallest absolute Gasteiger partial charge is 0.229 e. The van der Waals surface area contributed by atoms with Crippen LogP contribution in [-0.2, 0) is 16.8 Å². The zero-order valence-electron chi connectivity index (χ0n) is 11.7. The molecule has 0 aliphatic heterocycles. The van der Waals surface area contributed by atoms with Gasteiger partial charge in [0, 0.05) is 6.61 Å². The Kier molecular flexibility index (Phi) is 5.93. The number of hydrogen-bond donors (Lipinski definition) is 1. The van der Waals surface area contributed by atoms with Crippen LogP contribution in [0.2, 0.25) is 0 Å². The maximum atomic E-state index is 9.55. The van der Waals surface area contributed by atoms with E-state index >= 15 is 0 Å². The zero-order chi connectivity index (χ0) is 14.3. The zero-order valence-corrected chi connectivity index (χ0v) is 11.7. The second-order valence-electron chi connectivity index (χ2n) is 4.37. The Hall–Kier alpha value is -1.45. The molecule has 0 amide bonds. The summed E-state index contributed by atoms with van der Waals surface area (Å²) in [7, 11) is 0. The molecule has 1 rings (SSSR count). The van der Waals surface area contributed by atoms with Crippen molar-refractivity contribution in [3.8, 4) is 6.07 Å². The van der Waals surface area contributed by atoms with E-state index in [1.165, 1.54) is 0 Å². The number of ether oxygens (including phenoxy) is 1. The lowest BCUT2D eigenvalue weighted by Crippen LogP contribution is -2.29. The fraction of sp³-hybridized carbons (Fsp3) is 0.769. The van der Waals surface area contributed by atoms with E-state index in [0.29, 0.717) is 18.3 Å². The third kappa shape index (κ3) is 3.75. The van der Waals surface area contributed by atoms with Crippen molar-refractivity contribution in [2.45, 2.75) is 58.2 Å². The number of rotatable bonds is 8. The van der Waals surface area contributed by atoms with Gasteiger partial charge < -0.3 is 14.4 Å². The summed E-state index contributed by atoms with van der Waals surface area (Å²) >= 11 is 0. The molecular weight excluding hydrogens is 246 g/mol. The van der Waals surface area contributed by atoms with Gasteiger partial charge in [0.15, 0.2) is 0 Å². The number of nitriles is 1. The van der Waals surface area contributed by atoms with Gasteiger partial charge in [-0.3, -0.25) is 0 Å². The molecule has 6 nitrogen and oxygen atoms in total. The minimum absolute atomic E-state index is 0.0515. The number of aliphatic hydroxyl groups excluding tert-OH is 1. The first kappa shape index (κ1) is 15.6. The van der Waals surface area contributed by atoms with Crippen molar-refractivity contribution in [1.29, 1.82) is 5.26 Å². The molecule has 1 N–H and O–H groups in total. The van der Waals surface area contributed by atoms with Crippen molar-refractivity contribution < 1.29 is 14.4 Å². The monoisotopic (exact) mass is 267 g/mol. The average Bonchev–Trinajstić information content (AvgIpc) is 2.85. The molecule has 0 spiro atoms. The highest BCUT2D eigenvalue weighted by Gasteiger charge is 2.34. The SMILES string of the molecule is CCOC(CC)(CC)c1noc(CC(O)CC#N)n1. The van der Waals surface area contributed by atoms with Crippen molar-refractivity contribution in [1.82, 2.24) is 10.1 Å². The quantitative estimate of drug-likeness (QED) is 0.773. The summed E-state index contributed by atoms with van der Waals surface area (Å²) in [6.07, 6.45) is 0.961. The summed E-state index contributed by atoms with van der Waals surface area (Å²) in [6, 6.07) is 1.90. The van der Waals surface area contributed by atoms with E-state index in [1.807, 2.05) is 26.8 Å². The van der Waals surface area contributed by atoms with Crippen LogP contribution in [0.25, 0.3) is 0 Å². The molecule has 1 atom stereocenters. The summed E-state index contributed by atoms with van der Waals surface area (Å²) in [6.45, 7) is 6.53. The Bertz CT molecular complexity index is 421. The molecule has 1 unspecified atom stereocenters. The Labute approximate surface area is 113 Å². The van der Waals surface area contributed by atoms with Gasteiger partial charge in [0.1, 0.15) is 5.60 Å². The van der Waals surface area contributed by atoms with Gasteiger partial charge >= 0.3 is 0 Å². The second kappa shape index (κ2) is 7.22. The van der Waals surface area contributed by atoms with E-state index in [-0.39, 0.29) is 12.8 Å². The summed E-state index contributed by atoms with van der Waals surface area (Å²) in [5.41, 5.74) is -0.531. The van der Waals surface area contributed by atoms with Gasteiger partial charge in [0.2, 0.25) is 11.7 Å². The molecule has 0 aliphatic carbocycles. The molecule has 1 aromatic rings. The molecule has 6 heteroatoms. The maximum absolute atomic E-state index is 9.55. The Morgan fingerprint density at radius 2 is 2.11 bits per heavy atom. The molecule has 1 heterocycles. The fourth-order valence-electron chi connectivity index (χ4n) is 2.01. The highest BCUT2D eigenvalue weighted by atomic mass is 16.5. The fourth-order valence-corrected chi connectivity index (χ4v) is 2.01. The van der Waals surface area contributed by atoms with Gasteiger partial charge in [0.05, 0.1) is 25.0 Å². The van der Waals surface area contributed by atoms with E-state index in [0.717, 1.165) is 12.8 Å². The van der Waals surface area contributed by atoms with Crippen LogP contribution in [0.15, 0.2) is 4.52 Å². The lowest BCUT2D eigenvalue weighted by atomic mass is 9.96. The van der Waals surface area contributed by atoms with Crippen LogP contribution in [0.5, 0.6) is 0 Å². The van der Waals surface area contributed by atoms with Gasteiger partial charge in [-0.05, 0) is 19.8 Å². The van der Waals surface area contributed by atoms with Crippen LogP contribution >= 0.6 is 0 Å². The molecule has 106 valence electrons. The van der Waals surface area contributed by atoms with Crippen molar-refractivity contribution in [3.05, 3.63) is 11.7 Å². The molecule has 0 aromatic carbocycles. The van der Waals surface area contributed by atoms with Gasteiger partial charge in [-0.25, -0.2) is 0 Å². The van der Waals surface area contributed by atoms with Crippen molar-refractivity contribution in [2.75, 3.05) is 6.61 Å². The van der Waals surface area contributed by atoms with Crippen LogP contribution < -0.4 is 0 Å². The number of aliphatic hydroxyl groups is 1. The first-order chi connectivity index (χ1) is 9.11. The lowest BCUT2D eigenvalue weighted by Gasteiger charge is -2.27. The van der Waals surface area contributed by atoms with Gasteiger partial charge in [-0.1, -0.05) is 19.0 Å². The molecule has 0 saturated carbocycles. The van der Waals surface area contributed by atoms with Crippen LogP contribution in [0, 0.1) is 11.3 Å². The number of hydrogen-bond acceptors (Lipinski definition) is 6. The average molecular weight is 267 g/mol. The summed E-state index contributed by atoms with van der Waals surface area (Å²) in [5.74, 6) is 0.849. The first-order valence-electron chi connectivity index (χ1n) is 6.63. The first-order valence-corrected chi connectivity index (χ1v) is 6.63. The van der Waals surface area contributed by atoms with E-state index < -0.39 is 11.7 Å². The standard InChI is InChI=1S/C13H21N3O3/c1-4-13(5-2,18-6-3)12-15-11(19-16-12)9-10(17)7-8-14/h10,17H,4-7,9H2,1-3H3. The molecule has 19 heavy (non-hydrogen) atoms. The Balaban J connectivity index is 2.84. The van der Waals surface area contributed by atoms with Crippen molar-refractivity contribution in [3.63, 3.8) is 0 Å². The third-order valence-electron chi connectivity index (χ3n) is 3.18. The lowest BCUT2D eigenvalue weighted by molar-refractivity contribution is -0.0583. The molecule has 0 radical (unpaired) electrons. The highest BCUT2D eigenvalue weighted by molar-refractivity contribution is 5.01. The predicted octanol–water partition coefficient (Wildman–Crippen LogP) is 1.94. The van der Waals surface area contributed by atoms with Gasteiger partial charge in [-0.15, -0.1) is 0 Å². The Morgan fingerprint density at radius 3 is 2.63 bits per heavy atom. The van der Waals surface area contributed by atoms with Crippen LogP contribution in [-0.4, -0.2) is 28.0 Å². The molecule has 0 fully saturated rings. The van der Waals surface area contributed by atoms with Gasteiger partial charge in [-0.2, -0.15) is 10.2 Å². The van der Waals surface area contributed by atoms with E-state index in [4.69, 9.17) is 14.5 Å². The van der Waals surface area contributed by atoms with Gasteiger partial charge in [0.25, 0.3) is 0 Å². The summed E-state index contributed by atoms with van der Waals surface area (Å²) in [4.78, 5) is 4.29. The van der Waals surface area contributed by atoms with E-state index in [9.17, 15) is 5.11 Å². The third-order valence-corrected chi connectivity index (χ3v) is 3.18. The van der Waals surface area contributed by atoms with Crippen LogP contribution in [0.1, 0.15) is 51.7 Å². The second-order valence-corrected chi connectivity index (χ2v) is 4.37. The molecule has 0 aliphatic rings. The van der Waals surface area contributed by atoms with E-state index in [2.05, 4.69) is 10.1 Å². The minimum atomic E-state index is -0.775. The molecule has 0 saturated heterocycles. The summed E-state index contributed by atoms with van der Waals surface area (Å²) in [5, 5.41) is 22.0. The predicted molar refractivity (Wildman–Crippen MR) is 68.1 cm³/mol. The largest absolute Gasteiger partial charge is 0.392 e. The summed E-state index contributed by atoms with van der Waals surface area (Å²) < 4.78 is 10.9. The normalized spacial score (nSPS) is 13.2. The Morgan fingerprint density at radius 1 is 1.42 bits per heavy atom. The molecule has 1 aromatic heterocycles. The minimum Gasteiger partial charge on any atom is -0.392 e. The van der Waals surface area contributed by atoms with Crippen LogP contribution in [0.4, 0.5) is 0 Å².